The van der Waals surface area contributed by atoms with Gasteiger partial charge in [0.15, 0.2) is 11.7 Å². The number of carbonyl (C=O) groups excluding carboxylic acids is 1. The molecular formula is C21H13F3N4O2. The molecule has 0 saturated heterocycles. The van der Waals surface area contributed by atoms with Gasteiger partial charge in [-0.3, -0.25) is 14.3 Å². The number of hydrogen-bond acceptors (Lipinski definition) is 4. The summed E-state index contributed by atoms with van der Waals surface area (Å²) in [5.74, 6) is -1.76. The second-order valence-electron chi connectivity index (χ2n) is 6.72. The van der Waals surface area contributed by atoms with Gasteiger partial charge >= 0.3 is 11.9 Å². The molecule has 4 rings (SSSR count). The van der Waals surface area contributed by atoms with Crippen LogP contribution in [0.4, 0.5) is 13.2 Å². The van der Waals surface area contributed by atoms with Crippen LogP contribution < -0.4 is 5.69 Å². The van der Waals surface area contributed by atoms with Crippen LogP contribution in [0.15, 0.2) is 59.4 Å². The van der Waals surface area contributed by atoms with E-state index in [0.717, 1.165) is 5.39 Å². The molecule has 0 aliphatic carbocycles. The number of hydrogen-bond donors (Lipinski definition) is 1. The van der Waals surface area contributed by atoms with Gasteiger partial charge in [0.25, 0.3) is 0 Å². The summed E-state index contributed by atoms with van der Waals surface area (Å²) in [4.78, 5) is 31.5. The van der Waals surface area contributed by atoms with Gasteiger partial charge in [0, 0.05) is 10.9 Å². The number of aromatic amines is 1. The van der Waals surface area contributed by atoms with Gasteiger partial charge in [0.05, 0.1) is 28.3 Å². The number of ketones is 1. The Morgan fingerprint density at radius 1 is 1.17 bits per heavy atom. The lowest BCUT2D eigenvalue weighted by molar-refractivity contribution is -0.140. The molecule has 6 nitrogen and oxygen atoms in total. The second-order valence-corrected chi connectivity index (χ2v) is 6.72. The van der Waals surface area contributed by atoms with Crippen molar-refractivity contribution >= 4 is 27.7 Å². The number of alkyl halides is 3. The number of nitrogens with zero attached hydrogens (tertiary/aromatic N) is 3. The molecule has 2 aromatic heterocycles. The standard InChI is InChI=1S/C21H13F3N4O2/c22-21(23,24)11-28-18-8-6-13(9-17(18)27-20(28)30)19(29)14(10-25)16-7-5-12-3-1-2-4-15(12)26-16/h1-9,14H,11H2,(H,27,30). The van der Waals surface area contributed by atoms with Crippen molar-refractivity contribution in [2.75, 3.05) is 0 Å². The van der Waals surface area contributed by atoms with Crippen molar-refractivity contribution in [1.82, 2.24) is 14.5 Å². The van der Waals surface area contributed by atoms with E-state index in [1.165, 1.54) is 18.2 Å². The highest BCUT2D eigenvalue weighted by atomic mass is 19.4. The Hall–Kier alpha value is -3.93. The number of aromatic nitrogens is 3. The zero-order valence-corrected chi connectivity index (χ0v) is 15.3. The summed E-state index contributed by atoms with van der Waals surface area (Å²) in [5.41, 5.74) is 0.158. The number of pyridine rings is 1. The van der Waals surface area contributed by atoms with Crippen LogP contribution >= 0.6 is 0 Å². The van der Waals surface area contributed by atoms with Crippen LogP contribution in [0, 0.1) is 11.3 Å². The number of benzene rings is 2. The quantitative estimate of drug-likeness (QED) is 0.516. The van der Waals surface area contributed by atoms with Gasteiger partial charge in [-0.2, -0.15) is 18.4 Å². The number of halogens is 3. The molecule has 0 aliphatic rings. The van der Waals surface area contributed by atoms with E-state index in [9.17, 15) is 28.0 Å². The van der Waals surface area contributed by atoms with E-state index in [1.807, 2.05) is 18.2 Å². The van der Waals surface area contributed by atoms with Crippen LogP contribution in [-0.2, 0) is 6.54 Å². The first-order valence-electron chi connectivity index (χ1n) is 8.86. The van der Waals surface area contributed by atoms with Gasteiger partial charge in [0.2, 0.25) is 0 Å². The molecule has 0 bridgehead atoms. The van der Waals surface area contributed by atoms with Gasteiger partial charge in [-0.1, -0.05) is 24.3 Å². The van der Waals surface area contributed by atoms with Crippen molar-refractivity contribution in [2.45, 2.75) is 18.6 Å². The van der Waals surface area contributed by atoms with Crippen molar-refractivity contribution in [3.8, 4) is 6.07 Å². The molecule has 4 aromatic rings. The van der Waals surface area contributed by atoms with Crippen LogP contribution in [0.2, 0.25) is 0 Å². The first-order chi connectivity index (χ1) is 14.3. The number of para-hydroxylation sites is 1. The minimum Gasteiger partial charge on any atom is -0.306 e. The Morgan fingerprint density at radius 3 is 2.67 bits per heavy atom. The number of fused-ring (bicyclic) bond motifs is 2. The maximum absolute atomic E-state index is 12.9. The summed E-state index contributed by atoms with van der Waals surface area (Å²) in [6.45, 7) is -1.44. The summed E-state index contributed by atoms with van der Waals surface area (Å²) >= 11 is 0. The second kappa shape index (κ2) is 7.15. The van der Waals surface area contributed by atoms with Crippen molar-refractivity contribution < 1.29 is 18.0 Å². The lowest BCUT2D eigenvalue weighted by Crippen LogP contribution is -2.26. The predicted octanol–water partition coefficient (Wildman–Crippen LogP) is 3.93. The normalized spacial score (nSPS) is 12.7. The van der Waals surface area contributed by atoms with Crippen molar-refractivity contribution in [3.05, 3.63) is 76.3 Å². The van der Waals surface area contributed by atoms with E-state index in [2.05, 4.69) is 9.97 Å². The largest absolute Gasteiger partial charge is 0.406 e. The number of rotatable bonds is 4. The Labute approximate surface area is 167 Å². The molecule has 0 saturated carbocycles. The Balaban J connectivity index is 1.72. The van der Waals surface area contributed by atoms with E-state index in [0.29, 0.717) is 10.1 Å². The number of Topliss-reactive ketones (excluding diaryl/α,β-unsaturated/α-hetero) is 1. The van der Waals surface area contributed by atoms with Crippen LogP contribution in [0.5, 0.6) is 0 Å². The zero-order valence-electron chi connectivity index (χ0n) is 15.3. The third-order valence-electron chi connectivity index (χ3n) is 4.70. The molecule has 1 atom stereocenters. The van der Waals surface area contributed by atoms with E-state index < -0.39 is 30.1 Å². The number of imidazole rings is 1. The van der Waals surface area contributed by atoms with Gasteiger partial charge in [-0.25, -0.2) is 4.79 Å². The molecule has 1 unspecified atom stereocenters. The van der Waals surface area contributed by atoms with Crippen molar-refractivity contribution in [3.63, 3.8) is 0 Å². The lowest BCUT2D eigenvalue weighted by atomic mass is 9.94. The van der Waals surface area contributed by atoms with E-state index in [-0.39, 0.29) is 22.3 Å². The lowest BCUT2D eigenvalue weighted by Gasteiger charge is -2.10. The summed E-state index contributed by atoms with van der Waals surface area (Å²) < 4.78 is 38.7. The molecule has 0 aliphatic heterocycles. The number of nitrogens with one attached hydrogen (secondary N) is 1. The molecule has 150 valence electrons. The molecule has 0 radical (unpaired) electrons. The average Bonchev–Trinajstić information content (AvgIpc) is 3.01. The monoisotopic (exact) mass is 410 g/mol. The summed E-state index contributed by atoms with van der Waals surface area (Å²) in [6, 6.07) is 16.4. The zero-order chi connectivity index (χ0) is 21.5. The van der Waals surface area contributed by atoms with Crippen LogP contribution in [0.1, 0.15) is 22.0 Å². The molecule has 1 N–H and O–H groups in total. The fourth-order valence-corrected chi connectivity index (χ4v) is 3.32. The molecular weight excluding hydrogens is 397 g/mol. The average molecular weight is 410 g/mol. The topological polar surface area (TPSA) is 91.5 Å². The van der Waals surface area contributed by atoms with Gasteiger partial charge < -0.3 is 4.98 Å². The summed E-state index contributed by atoms with van der Waals surface area (Å²) in [7, 11) is 0. The minimum atomic E-state index is -4.57. The van der Waals surface area contributed by atoms with Crippen LogP contribution in [-0.4, -0.2) is 26.5 Å². The molecule has 0 fully saturated rings. The third kappa shape index (κ3) is 3.55. The number of H-pyrrole nitrogens is 1. The van der Waals surface area contributed by atoms with E-state index >= 15 is 0 Å². The molecule has 2 aromatic carbocycles. The SMILES string of the molecule is N#CC(C(=O)c1ccc2c(c1)[nH]c(=O)n2CC(F)(F)F)c1ccc2ccccc2n1. The van der Waals surface area contributed by atoms with Gasteiger partial charge in [-0.05, 0) is 30.3 Å². The summed E-state index contributed by atoms with van der Waals surface area (Å²) in [6.07, 6.45) is -4.57. The molecule has 30 heavy (non-hydrogen) atoms. The molecule has 0 amide bonds. The maximum Gasteiger partial charge on any atom is 0.406 e. The highest BCUT2D eigenvalue weighted by molar-refractivity contribution is 6.04. The van der Waals surface area contributed by atoms with Crippen molar-refractivity contribution in [2.24, 2.45) is 0 Å². The smallest absolute Gasteiger partial charge is 0.306 e. The van der Waals surface area contributed by atoms with Crippen molar-refractivity contribution in [1.29, 1.82) is 5.26 Å². The van der Waals surface area contributed by atoms with Crippen LogP contribution in [0.25, 0.3) is 21.9 Å². The Morgan fingerprint density at radius 2 is 1.93 bits per heavy atom. The molecule has 0 spiro atoms. The molecule has 9 heteroatoms. The Bertz CT molecular complexity index is 1380. The number of nitriles is 1. The minimum absolute atomic E-state index is 0.0196. The molecule has 2 heterocycles. The first kappa shape index (κ1) is 19.4. The fraction of sp³-hybridized carbons (Fsp3) is 0.143. The first-order valence-corrected chi connectivity index (χ1v) is 8.86. The van der Waals surface area contributed by atoms with Crippen LogP contribution in [0.3, 0.4) is 0 Å². The highest BCUT2D eigenvalue weighted by Crippen LogP contribution is 2.25. The van der Waals surface area contributed by atoms with E-state index in [1.54, 1.807) is 24.3 Å². The maximum atomic E-state index is 12.9. The predicted molar refractivity (Wildman–Crippen MR) is 103 cm³/mol. The van der Waals surface area contributed by atoms with Gasteiger partial charge in [-0.15, -0.1) is 0 Å². The van der Waals surface area contributed by atoms with E-state index in [4.69, 9.17) is 0 Å². The summed E-state index contributed by atoms with van der Waals surface area (Å²) in [5, 5.41) is 10.4. The number of carbonyl (C=O) groups is 1. The third-order valence-corrected chi connectivity index (χ3v) is 4.70. The fourth-order valence-electron chi connectivity index (χ4n) is 3.32. The highest BCUT2D eigenvalue weighted by Gasteiger charge is 2.30. The Kier molecular flexibility index (Phi) is 4.62. The van der Waals surface area contributed by atoms with Gasteiger partial charge in [0.1, 0.15) is 6.54 Å².